The van der Waals surface area contributed by atoms with E-state index in [1.54, 1.807) is 6.07 Å². The van der Waals surface area contributed by atoms with Gasteiger partial charge in [0.15, 0.2) is 0 Å². The van der Waals surface area contributed by atoms with Crippen LogP contribution in [0, 0.1) is 11.3 Å². The van der Waals surface area contributed by atoms with Crippen LogP contribution in [0.2, 0.25) is 0 Å². The first-order chi connectivity index (χ1) is 36.1. The number of nitrogens with zero attached hydrogens (tertiary/aromatic N) is 9. The molecule has 2 N–H and O–H groups in total. The van der Waals surface area contributed by atoms with E-state index in [0.717, 1.165) is 99.1 Å². The summed E-state index contributed by atoms with van der Waals surface area (Å²) in [6, 6.07) is 46.5. The van der Waals surface area contributed by atoms with Gasteiger partial charge in [-0.2, -0.15) is 5.26 Å². The minimum atomic E-state index is -0.444. The monoisotopic (exact) mass is 1010 g/mol. The average molecular weight is 1010 g/mol. The van der Waals surface area contributed by atoms with Crippen LogP contribution in [0.25, 0.3) is 0 Å². The zero-order valence-corrected chi connectivity index (χ0v) is 45.2. The molecule has 2 aliphatic heterocycles. The molecule has 2 saturated heterocycles. The lowest BCUT2D eigenvalue weighted by atomic mass is 10.00. The van der Waals surface area contributed by atoms with E-state index < -0.39 is 5.91 Å². The molecule has 0 unspecified atom stereocenters. The summed E-state index contributed by atoms with van der Waals surface area (Å²) in [6.07, 6.45) is 7.61. The van der Waals surface area contributed by atoms with Crippen molar-refractivity contribution in [1.82, 2.24) is 29.6 Å². The van der Waals surface area contributed by atoms with E-state index >= 15 is 0 Å². The molecule has 0 atom stereocenters. The number of nitrogens with two attached hydrogens (primary N) is 1. The molecule has 0 spiro atoms. The van der Waals surface area contributed by atoms with Crippen LogP contribution in [-0.2, 0) is 13.1 Å². The van der Waals surface area contributed by atoms with Crippen molar-refractivity contribution in [3.8, 4) is 6.07 Å². The summed E-state index contributed by atoms with van der Waals surface area (Å²) in [7, 11) is 0. The second-order valence-electron chi connectivity index (χ2n) is 20.9. The van der Waals surface area contributed by atoms with Gasteiger partial charge in [0.05, 0.1) is 23.0 Å². The Kier molecular flexibility index (Phi) is 19.3. The molecular formula is C62H76N10O3. The predicted molar refractivity (Wildman–Crippen MR) is 301 cm³/mol. The lowest BCUT2D eigenvalue weighted by molar-refractivity contribution is 0.0634. The van der Waals surface area contributed by atoms with Crippen molar-refractivity contribution in [3.05, 3.63) is 179 Å². The number of amides is 3. The number of likely N-dealkylation sites (tertiary alicyclic amines) is 2. The second-order valence-corrected chi connectivity index (χ2v) is 20.9. The van der Waals surface area contributed by atoms with Gasteiger partial charge in [-0.05, 0) is 190 Å². The van der Waals surface area contributed by atoms with Gasteiger partial charge in [0, 0.05) is 127 Å². The molecule has 4 aromatic carbocycles. The molecule has 75 heavy (non-hydrogen) atoms. The molecule has 13 nitrogen and oxygen atoms in total. The Morgan fingerprint density at radius 2 is 0.920 bits per heavy atom. The molecule has 392 valence electrons. The minimum absolute atomic E-state index is 0.0339. The van der Waals surface area contributed by atoms with Crippen LogP contribution in [0.3, 0.4) is 0 Å². The van der Waals surface area contributed by atoms with Crippen molar-refractivity contribution in [3.63, 3.8) is 0 Å². The Morgan fingerprint density at radius 3 is 1.28 bits per heavy atom. The summed E-state index contributed by atoms with van der Waals surface area (Å²) in [6.45, 7) is 21.9. The molecule has 6 aromatic rings. The molecule has 2 fully saturated rings. The van der Waals surface area contributed by atoms with Crippen molar-refractivity contribution >= 4 is 40.5 Å². The van der Waals surface area contributed by atoms with Crippen LogP contribution in [0.5, 0.6) is 0 Å². The topological polar surface area (TPSA) is 146 Å². The molecule has 0 radical (unpaired) electrons. The third kappa shape index (κ3) is 14.5. The van der Waals surface area contributed by atoms with Gasteiger partial charge < -0.3 is 25.3 Å². The van der Waals surface area contributed by atoms with E-state index in [9.17, 15) is 19.6 Å². The molecule has 0 aliphatic carbocycles. The van der Waals surface area contributed by atoms with Gasteiger partial charge in [-0.25, -0.2) is 0 Å². The quantitative estimate of drug-likeness (QED) is 0.0937. The number of hydrogen-bond acceptors (Lipinski definition) is 10. The summed E-state index contributed by atoms with van der Waals surface area (Å²) >= 11 is 0. The first kappa shape index (κ1) is 55.4. The van der Waals surface area contributed by atoms with Gasteiger partial charge in [0.1, 0.15) is 0 Å². The fourth-order valence-corrected chi connectivity index (χ4v) is 10.7. The normalized spacial score (nSPS) is 14.5. The van der Waals surface area contributed by atoms with E-state index in [1.165, 1.54) is 0 Å². The maximum Gasteiger partial charge on any atom is 0.254 e. The Bertz CT molecular complexity index is 2800. The highest BCUT2D eigenvalue weighted by molar-refractivity contribution is 5.96. The van der Waals surface area contributed by atoms with E-state index in [4.69, 9.17) is 5.73 Å². The Morgan fingerprint density at radius 1 is 0.520 bits per heavy atom. The van der Waals surface area contributed by atoms with Crippen LogP contribution in [0.15, 0.2) is 146 Å². The molecule has 0 bridgehead atoms. The third-order valence-electron chi connectivity index (χ3n) is 14.2. The van der Waals surface area contributed by atoms with Crippen LogP contribution in [-0.4, -0.2) is 110 Å². The number of piperidine rings is 2. The van der Waals surface area contributed by atoms with Crippen LogP contribution in [0.1, 0.15) is 129 Å². The highest BCUT2D eigenvalue weighted by Crippen LogP contribution is 2.35. The standard InChI is InChI=1S/C31H39N5O2.C31H37N5O/c1-22(2)35(23(3)4)31(38)24-11-13-27(14-12-24)36(29-10-7-8-25(20-29)30(32)37)28-15-18-34(19-16-28)21-26-9-5-6-17-33-26;1-23(2)35(24(3)4)31(37)26-11-13-28(14-12-26)36(30-10-7-8-25(20-30)21-32)29-15-18-34(19-16-29)22-27-9-5-6-17-33-27/h5-14,17,20,22-23,28H,15-16,18-19,21H2,1-4H3,(H2,32,37);5-14,17,20,23-24,29H,15-16,18-19,22H2,1-4H3. The number of rotatable bonds is 17. The van der Waals surface area contributed by atoms with Crippen molar-refractivity contribution in [2.24, 2.45) is 5.73 Å². The van der Waals surface area contributed by atoms with Gasteiger partial charge in [-0.15, -0.1) is 0 Å². The van der Waals surface area contributed by atoms with Crippen LogP contribution in [0.4, 0.5) is 22.7 Å². The SMILES string of the molecule is CC(C)N(C(=O)c1ccc(N(c2cccc(C#N)c2)C2CCN(Cc3ccccn3)CC2)cc1)C(C)C.CC(C)N(C(=O)c1ccc(N(c2cccc(C(N)=O)c2)C2CCN(Cc3ccccn3)CC2)cc1)C(C)C. The van der Waals surface area contributed by atoms with Crippen molar-refractivity contribution < 1.29 is 14.4 Å². The number of carbonyl (C=O) groups is 3. The average Bonchev–Trinajstić information content (AvgIpc) is 3.41. The summed E-state index contributed by atoms with van der Waals surface area (Å²) in [5.41, 5.74) is 14.2. The van der Waals surface area contributed by atoms with E-state index in [-0.39, 0.29) is 42.0 Å². The number of carbonyl (C=O) groups excluding carboxylic acids is 3. The maximum atomic E-state index is 13.2. The zero-order valence-electron chi connectivity index (χ0n) is 45.2. The number of nitriles is 1. The van der Waals surface area contributed by atoms with Crippen LogP contribution < -0.4 is 15.5 Å². The van der Waals surface area contributed by atoms with Gasteiger partial charge in [-0.3, -0.25) is 34.2 Å². The smallest absolute Gasteiger partial charge is 0.254 e. The molecular weight excluding hydrogens is 933 g/mol. The highest BCUT2D eigenvalue weighted by atomic mass is 16.2. The summed E-state index contributed by atoms with van der Waals surface area (Å²) in [5, 5.41) is 9.52. The Labute approximate surface area is 445 Å². The lowest BCUT2D eigenvalue weighted by Crippen LogP contribution is -2.43. The molecule has 2 aromatic heterocycles. The number of anilines is 4. The zero-order chi connectivity index (χ0) is 53.6. The fourth-order valence-electron chi connectivity index (χ4n) is 10.7. The van der Waals surface area contributed by atoms with Gasteiger partial charge >= 0.3 is 0 Å². The summed E-state index contributed by atoms with van der Waals surface area (Å²) in [5.74, 6) is -0.357. The lowest BCUT2D eigenvalue weighted by Gasteiger charge is -2.40. The van der Waals surface area contributed by atoms with Crippen LogP contribution >= 0.6 is 0 Å². The number of aromatic nitrogens is 2. The molecule has 3 amide bonds. The van der Waals surface area contributed by atoms with Gasteiger partial charge in [0.2, 0.25) is 5.91 Å². The number of benzene rings is 4. The van der Waals surface area contributed by atoms with E-state index in [0.29, 0.717) is 28.3 Å². The minimum Gasteiger partial charge on any atom is -0.366 e. The first-order valence-electron chi connectivity index (χ1n) is 26.7. The number of primary amides is 1. The molecule has 0 saturated carbocycles. The fraction of sp³-hybridized carbons (Fsp3) is 0.387. The molecule has 4 heterocycles. The maximum absolute atomic E-state index is 13.2. The summed E-state index contributed by atoms with van der Waals surface area (Å²) in [4.78, 5) is 60.7. The first-order valence-corrected chi connectivity index (χ1v) is 26.7. The van der Waals surface area contributed by atoms with Crippen molar-refractivity contribution in [2.75, 3.05) is 36.0 Å². The number of hydrogen-bond donors (Lipinski definition) is 1. The predicted octanol–water partition coefficient (Wildman–Crippen LogP) is 11.3. The van der Waals surface area contributed by atoms with E-state index in [2.05, 4.69) is 81.5 Å². The van der Waals surface area contributed by atoms with Gasteiger partial charge in [0.25, 0.3) is 11.8 Å². The van der Waals surface area contributed by atoms with Crippen molar-refractivity contribution in [1.29, 1.82) is 5.26 Å². The Balaban J connectivity index is 0.000000219. The number of pyridine rings is 2. The van der Waals surface area contributed by atoms with Crippen molar-refractivity contribution in [2.45, 2.75) is 130 Å². The second kappa shape index (κ2) is 26.2. The molecule has 13 heteroatoms. The third-order valence-corrected chi connectivity index (χ3v) is 14.2. The molecule has 2 aliphatic rings. The summed E-state index contributed by atoms with van der Waals surface area (Å²) < 4.78 is 0. The highest BCUT2D eigenvalue weighted by Gasteiger charge is 2.30. The van der Waals surface area contributed by atoms with Gasteiger partial charge in [-0.1, -0.05) is 24.3 Å². The Hall–Kier alpha value is -7.40. The van der Waals surface area contributed by atoms with E-state index in [1.807, 2.05) is 159 Å². The molecule has 8 rings (SSSR count). The largest absolute Gasteiger partial charge is 0.366 e.